The standard InChI is InChI=1S/C3H4ClNO3S/c4-9(6,7)2-1-8-3-5/h1-2H2. The summed E-state index contributed by atoms with van der Waals surface area (Å²) in [5, 5.41) is 7.75. The van der Waals surface area contributed by atoms with E-state index in [2.05, 4.69) is 4.74 Å². The van der Waals surface area contributed by atoms with Crippen LogP contribution in [0.15, 0.2) is 0 Å². The molecular formula is C3H4ClNO3S. The van der Waals surface area contributed by atoms with Crippen LogP contribution in [0.2, 0.25) is 0 Å². The predicted molar refractivity (Wildman–Crippen MR) is 31.2 cm³/mol. The SMILES string of the molecule is N#COCCS(=O)(=O)Cl. The summed E-state index contributed by atoms with van der Waals surface area (Å²) in [6.07, 6.45) is 1.32. The summed E-state index contributed by atoms with van der Waals surface area (Å²) in [7, 11) is 1.25. The number of nitrogens with zero attached hydrogens (tertiary/aromatic N) is 1. The monoisotopic (exact) mass is 169 g/mol. The van der Waals surface area contributed by atoms with Gasteiger partial charge in [-0.2, -0.15) is 5.26 Å². The van der Waals surface area contributed by atoms with E-state index in [4.69, 9.17) is 15.9 Å². The van der Waals surface area contributed by atoms with Crippen molar-refractivity contribution in [3.05, 3.63) is 0 Å². The Balaban J connectivity index is 3.44. The summed E-state index contributed by atoms with van der Waals surface area (Å²) < 4.78 is 24.2. The van der Waals surface area contributed by atoms with Crippen molar-refractivity contribution in [1.82, 2.24) is 0 Å². The van der Waals surface area contributed by atoms with Crippen LogP contribution in [0.5, 0.6) is 0 Å². The molecule has 0 aliphatic carbocycles. The van der Waals surface area contributed by atoms with Gasteiger partial charge in [0.1, 0.15) is 12.4 Å². The van der Waals surface area contributed by atoms with Crippen LogP contribution in [0.25, 0.3) is 0 Å². The third-order valence-corrected chi connectivity index (χ3v) is 1.61. The first-order valence-electron chi connectivity index (χ1n) is 1.99. The third-order valence-electron chi connectivity index (χ3n) is 0.494. The van der Waals surface area contributed by atoms with E-state index in [1.165, 1.54) is 6.26 Å². The lowest BCUT2D eigenvalue weighted by Gasteiger charge is -1.90. The largest absolute Gasteiger partial charge is 0.426 e. The van der Waals surface area contributed by atoms with E-state index in [0.717, 1.165) is 0 Å². The van der Waals surface area contributed by atoms with Crippen molar-refractivity contribution in [2.45, 2.75) is 0 Å². The summed E-state index contributed by atoms with van der Waals surface area (Å²) in [6.45, 7) is -0.178. The highest BCUT2D eigenvalue weighted by Gasteiger charge is 2.03. The molecule has 0 aromatic heterocycles. The fourth-order valence-corrected chi connectivity index (χ4v) is 0.658. The molecule has 0 saturated carbocycles. The Hall–Kier alpha value is -0.470. The van der Waals surface area contributed by atoms with Crippen molar-refractivity contribution >= 4 is 19.7 Å². The fraction of sp³-hybridized carbons (Fsp3) is 0.667. The van der Waals surface area contributed by atoms with Gasteiger partial charge in [-0.25, -0.2) is 8.42 Å². The Morgan fingerprint density at radius 1 is 1.67 bits per heavy atom. The highest BCUT2D eigenvalue weighted by molar-refractivity contribution is 8.13. The van der Waals surface area contributed by atoms with Gasteiger partial charge in [-0.1, -0.05) is 0 Å². The van der Waals surface area contributed by atoms with Crippen molar-refractivity contribution in [2.24, 2.45) is 0 Å². The number of hydrogen-bond donors (Lipinski definition) is 0. The molecule has 52 valence electrons. The third kappa shape index (κ3) is 7.53. The normalized spacial score (nSPS) is 10.2. The van der Waals surface area contributed by atoms with E-state index in [9.17, 15) is 8.42 Å². The van der Waals surface area contributed by atoms with Crippen LogP contribution in [0.1, 0.15) is 0 Å². The minimum atomic E-state index is -3.50. The van der Waals surface area contributed by atoms with Crippen LogP contribution in [0, 0.1) is 11.5 Å². The molecule has 0 spiro atoms. The lowest BCUT2D eigenvalue weighted by Crippen LogP contribution is -2.03. The van der Waals surface area contributed by atoms with Gasteiger partial charge < -0.3 is 4.74 Å². The van der Waals surface area contributed by atoms with Crippen LogP contribution < -0.4 is 0 Å². The molecule has 0 atom stereocenters. The lowest BCUT2D eigenvalue weighted by atomic mass is 10.9. The molecule has 4 nitrogen and oxygen atoms in total. The molecule has 0 N–H and O–H groups in total. The van der Waals surface area contributed by atoms with E-state index in [1.54, 1.807) is 0 Å². The zero-order chi connectivity index (χ0) is 7.33. The van der Waals surface area contributed by atoms with Crippen LogP contribution in [-0.2, 0) is 13.8 Å². The summed E-state index contributed by atoms with van der Waals surface area (Å²) >= 11 is 0. The van der Waals surface area contributed by atoms with Gasteiger partial charge in [0, 0.05) is 10.7 Å². The number of nitriles is 1. The topological polar surface area (TPSA) is 67.2 Å². The molecule has 0 aliphatic rings. The summed E-state index contributed by atoms with van der Waals surface area (Å²) in [5.41, 5.74) is 0. The molecule has 0 bridgehead atoms. The molecule has 0 unspecified atom stereocenters. The molecule has 0 saturated heterocycles. The molecule has 0 radical (unpaired) electrons. The Bertz CT molecular complexity index is 204. The number of ether oxygens (including phenoxy) is 1. The quantitative estimate of drug-likeness (QED) is 0.340. The average molecular weight is 170 g/mol. The van der Waals surface area contributed by atoms with Crippen molar-refractivity contribution in [3.8, 4) is 6.26 Å². The maximum absolute atomic E-state index is 10.1. The molecule has 0 rings (SSSR count). The molecule has 0 amide bonds. The van der Waals surface area contributed by atoms with E-state index in [1.807, 2.05) is 0 Å². The van der Waals surface area contributed by atoms with E-state index >= 15 is 0 Å². The highest BCUT2D eigenvalue weighted by atomic mass is 35.7. The van der Waals surface area contributed by atoms with Crippen LogP contribution in [-0.4, -0.2) is 20.8 Å². The van der Waals surface area contributed by atoms with E-state index in [0.29, 0.717) is 0 Å². The van der Waals surface area contributed by atoms with Gasteiger partial charge in [0.2, 0.25) is 9.05 Å². The van der Waals surface area contributed by atoms with Crippen molar-refractivity contribution < 1.29 is 13.2 Å². The zero-order valence-electron chi connectivity index (χ0n) is 4.37. The molecule has 0 aliphatic heterocycles. The van der Waals surface area contributed by atoms with Gasteiger partial charge in [-0.05, 0) is 0 Å². The summed E-state index contributed by atoms with van der Waals surface area (Å²) in [5.74, 6) is -0.331. The smallest absolute Gasteiger partial charge is 0.286 e. The molecule has 9 heavy (non-hydrogen) atoms. The predicted octanol–water partition coefficient (Wildman–Crippen LogP) is 0.0527. The van der Waals surface area contributed by atoms with Gasteiger partial charge >= 0.3 is 0 Å². The first-order chi connectivity index (χ1) is 4.06. The number of halogens is 1. The fourth-order valence-electron chi connectivity index (χ4n) is 0.187. The minimum absolute atomic E-state index is 0.178. The molecule has 6 heteroatoms. The Labute approximate surface area is 57.4 Å². The first kappa shape index (κ1) is 8.53. The lowest BCUT2D eigenvalue weighted by molar-refractivity contribution is 0.293. The summed E-state index contributed by atoms with van der Waals surface area (Å²) in [6, 6.07) is 0. The molecule has 0 fully saturated rings. The van der Waals surface area contributed by atoms with Crippen LogP contribution in [0.3, 0.4) is 0 Å². The van der Waals surface area contributed by atoms with Crippen molar-refractivity contribution in [3.63, 3.8) is 0 Å². The Morgan fingerprint density at radius 2 is 2.22 bits per heavy atom. The maximum atomic E-state index is 10.1. The van der Waals surface area contributed by atoms with Crippen LogP contribution >= 0.6 is 10.7 Å². The van der Waals surface area contributed by atoms with E-state index in [-0.39, 0.29) is 12.4 Å². The first-order valence-corrected chi connectivity index (χ1v) is 4.47. The molecule has 0 heterocycles. The van der Waals surface area contributed by atoms with E-state index < -0.39 is 9.05 Å². The highest BCUT2D eigenvalue weighted by Crippen LogP contribution is 1.94. The molecule has 0 aromatic carbocycles. The Kier molecular flexibility index (Phi) is 3.35. The second-order valence-electron chi connectivity index (χ2n) is 1.18. The average Bonchev–Trinajstić information content (AvgIpc) is 1.63. The second kappa shape index (κ2) is 3.54. The van der Waals surface area contributed by atoms with Gasteiger partial charge in [0.25, 0.3) is 6.26 Å². The number of hydrogen-bond acceptors (Lipinski definition) is 4. The van der Waals surface area contributed by atoms with Crippen LogP contribution in [0.4, 0.5) is 0 Å². The van der Waals surface area contributed by atoms with Gasteiger partial charge in [-0.3, -0.25) is 0 Å². The maximum Gasteiger partial charge on any atom is 0.286 e. The molecule has 0 aromatic rings. The van der Waals surface area contributed by atoms with Gasteiger partial charge in [0.15, 0.2) is 0 Å². The van der Waals surface area contributed by atoms with Crippen molar-refractivity contribution in [1.29, 1.82) is 5.26 Å². The minimum Gasteiger partial charge on any atom is -0.426 e. The summed E-state index contributed by atoms with van der Waals surface area (Å²) in [4.78, 5) is 0. The van der Waals surface area contributed by atoms with Gasteiger partial charge in [-0.15, -0.1) is 0 Å². The van der Waals surface area contributed by atoms with Crippen molar-refractivity contribution in [2.75, 3.05) is 12.4 Å². The number of rotatable bonds is 3. The molecular weight excluding hydrogens is 166 g/mol. The Morgan fingerprint density at radius 3 is 2.56 bits per heavy atom. The second-order valence-corrected chi connectivity index (χ2v) is 4.08. The van der Waals surface area contributed by atoms with Gasteiger partial charge in [0.05, 0.1) is 0 Å². The zero-order valence-corrected chi connectivity index (χ0v) is 5.94.